The van der Waals surface area contributed by atoms with Crippen LogP contribution in [-0.4, -0.2) is 17.3 Å². The molecule has 0 unspecified atom stereocenters. The van der Waals surface area contributed by atoms with Gasteiger partial charge in [-0.2, -0.15) is 0 Å². The molecule has 0 N–H and O–H groups in total. The van der Waals surface area contributed by atoms with Gasteiger partial charge in [0.15, 0.2) is 0 Å². The van der Waals surface area contributed by atoms with Gasteiger partial charge in [0.25, 0.3) is 0 Å². The van der Waals surface area contributed by atoms with Crippen LogP contribution in [0.2, 0.25) is 0 Å². The SMILES string of the molecule is C=C(OC(=O)C#Cc1ccccc1)N(C)SI. The fourth-order valence-corrected chi connectivity index (χ4v) is 1.65. The summed E-state index contributed by atoms with van der Waals surface area (Å²) in [5.74, 6) is 4.76. The average molecular weight is 359 g/mol. The van der Waals surface area contributed by atoms with E-state index in [0.717, 1.165) is 5.56 Å². The van der Waals surface area contributed by atoms with Crippen LogP contribution in [0, 0.1) is 11.8 Å². The number of carbonyl (C=O) groups is 1. The molecule has 17 heavy (non-hydrogen) atoms. The van der Waals surface area contributed by atoms with Gasteiger partial charge in [0.1, 0.15) is 0 Å². The van der Waals surface area contributed by atoms with Crippen molar-refractivity contribution in [3.05, 3.63) is 48.4 Å². The molecule has 1 aromatic rings. The van der Waals surface area contributed by atoms with E-state index in [4.69, 9.17) is 4.74 Å². The van der Waals surface area contributed by atoms with Crippen molar-refractivity contribution in [1.29, 1.82) is 0 Å². The van der Waals surface area contributed by atoms with Crippen LogP contribution in [0.15, 0.2) is 42.8 Å². The molecule has 0 aliphatic heterocycles. The standard InChI is InChI=1S/C12H10INO2S/c1-10(14(2)17-13)16-12(15)9-8-11-6-4-3-5-7-11/h3-7H,1H2,2H3. The van der Waals surface area contributed by atoms with E-state index in [1.54, 1.807) is 11.4 Å². The molecule has 0 radical (unpaired) electrons. The second-order valence-corrected chi connectivity index (χ2v) is 4.83. The average Bonchev–Trinajstić information content (AvgIpc) is 2.36. The minimum Gasteiger partial charge on any atom is -0.400 e. The van der Waals surface area contributed by atoms with Crippen molar-refractivity contribution in [3.63, 3.8) is 0 Å². The minimum atomic E-state index is -0.615. The van der Waals surface area contributed by atoms with Crippen LogP contribution in [-0.2, 0) is 9.53 Å². The maximum Gasteiger partial charge on any atom is 0.391 e. The maximum atomic E-state index is 11.4. The van der Waals surface area contributed by atoms with Gasteiger partial charge in [-0.1, -0.05) is 24.1 Å². The van der Waals surface area contributed by atoms with E-state index in [1.165, 1.54) is 9.12 Å². The highest BCUT2D eigenvalue weighted by molar-refractivity contribution is 14.2. The fraction of sp³-hybridized carbons (Fsp3) is 0.0833. The van der Waals surface area contributed by atoms with E-state index >= 15 is 0 Å². The third kappa shape index (κ3) is 5.15. The first-order chi connectivity index (χ1) is 8.13. The third-order valence-corrected chi connectivity index (χ3v) is 3.93. The van der Waals surface area contributed by atoms with E-state index < -0.39 is 5.97 Å². The molecule has 1 aromatic carbocycles. The molecule has 3 nitrogen and oxygen atoms in total. The summed E-state index contributed by atoms with van der Waals surface area (Å²) in [7, 11) is 3.12. The summed E-state index contributed by atoms with van der Waals surface area (Å²) in [6, 6.07) is 9.24. The van der Waals surface area contributed by atoms with Crippen molar-refractivity contribution in [2.45, 2.75) is 0 Å². The number of hydrogen-bond acceptors (Lipinski definition) is 4. The smallest absolute Gasteiger partial charge is 0.391 e. The zero-order valence-electron chi connectivity index (χ0n) is 9.14. The zero-order valence-corrected chi connectivity index (χ0v) is 12.1. The first-order valence-corrected chi connectivity index (χ1v) is 7.95. The second kappa shape index (κ2) is 7.25. The summed E-state index contributed by atoms with van der Waals surface area (Å²) in [6.45, 7) is 3.61. The normalized spacial score (nSPS) is 8.82. The molecule has 5 heteroatoms. The molecule has 0 saturated carbocycles. The number of rotatable bonds is 3. The fourth-order valence-electron chi connectivity index (χ4n) is 0.880. The lowest BCUT2D eigenvalue weighted by atomic mass is 10.2. The minimum absolute atomic E-state index is 0.261. The van der Waals surface area contributed by atoms with Gasteiger partial charge >= 0.3 is 5.97 Å². The molecular formula is C12H10INO2S. The number of ether oxygens (including phenoxy) is 1. The highest BCUT2D eigenvalue weighted by atomic mass is 127. The Labute approximate surface area is 117 Å². The Balaban J connectivity index is 2.57. The molecule has 0 heterocycles. The van der Waals surface area contributed by atoms with Crippen LogP contribution in [0.1, 0.15) is 5.56 Å². The lowest BCUT2D eigenvalue weighted by Gasteiger charge is -2.14. The zero-order chi connectivity index (χ0) is 12.7. The van der Waals surface area contributed by atoms with Crippen LogP contribution in [0.25, 0.3) is 0 Å². The molecule has 0 bridgehead atoms. The summed E-state index contributed by atoms with van der Waals surface area (Å²) >= 11 is 2.06. The van der Waals surface area contributed by atoms with E-state index in [9.17, 15) is 4.79 Å². The molecule has 0 aliphatic rings. The Morgan fingerprint density at radius 3 is 2.71 bits per heavy atom. The molecule has 1 rings (SSSR count). The predicted molar refractivity (Wildman–Crippen MR) is 77.9 cm³/mol. The van der Waals surface area contributed by atoms with Gasteiger partial charge in [-0.25, -0.2) is 4.79 Å². The van der Waals surface area contributed by atoms with Gasteiger partial charge in [-0.15, -0.1) is 0 Å². The quantitative estimate of drug-likeness (QED) is 0.273. The van der Waals surface area contributed by atoms with Crippen molar-refractivity contribution < 1.29 is 9.53 Å². The van der Waals surface area contributed by atoms with Crippen molar-refractivity contribution in [1.82, 2.24) is 4.31 Å². The van der Waals surface area contributed by atoms with Gasteiger partial charge in [0.05, 0.1) is 0 Å². The van der Waals surface area contributed by atoms with Crippen molar-refractivity contribution >= 4 is 36.3 Å². The first-order valence-electron chi connectivity index (χ1n) is 4.63. The molecule has 0 aliphatic carbocycles. The van der Waals surface area contributed by atoms with Crippen LogP contribution in [0.5, 0.6) is 0 Å². The van der Waals surface area contributed by atoms with E-state index in [1.807, 2.05) is 30.3 Å². The monoisotopic (exact) mass is 359 g/mol. The summed E-state index contributed by atoms with van der Waals surface area (Å²) in [5, 5.41) is 0. The van der Waals surface area contributed by atoms with Gasteiger partial charge in [-0.3, -0.25) is 4.31 Å². The number of nitrogens with zero attached hydrogens (tertiary/aromatic N) is 1. The number of hydrogen-bond donors (Lipinski definition) is 0. The highest BCUT2D eigenvalue weighted by Gasteiger charge is 2.06. The molecule has 0 amide bonds. The van der Waals surface area contributed by atoms with Crippen LogP contribution < -0.4 is 0 Å². The Hall–Kier alpha value is -1.13. The topological polar surface area (TPSA) is 29.5 Å². The predicted octanol–water partition coefficient (Wildman–Crippen LogP) is 2.98. The van der Waals surface area contributed by atoms with Gasteiger partial charge in [0, 0.05) is 48.9 Å². The van der Waals surface area contributed by atoms with Crippen LogP contribution in [0.4, 0.5) is 0 Å². The maximum absolute atomic E-state index is 11.4. The number of carbonyl (C=O) groups excluding carboxylic acids is 1. The number of esters is 1. The summed E-state index contributed by atoms with van der Waals surface area (Å²) < 4.78 is 6.55. The molecule has 0 fully saturated rings. The molecule has 0 atom stereocenters. The second-order valence-electron chi connectivity index (χ2n) is 2.97. The molecule has 0 spiro atoms. The largest absolute Gasteiger partial charge is 0.400 e. The molecule has 0 aromatic heterocycles. The Morgan fingerprint density at radius 1 is 1.47 bits per heavy atom. The first kappa shape index (κ1) is 13.9. The van der Waals surface area contributed by atoms with Crippen LogP contribution in [0.3, 0.4) is 0 Å². The van der Waals surface area contributed by atoms with E-state index in [-0.39, 0.29) is 5.88 Å². The number of halogens is 1. The van der Waals surface area contributed by atoms with Gasteiger partial charge < -0.3 is 4.74 Å². The Kier molecular flexibility index (Phi) is 5.94. The van der Waals surface area contributed by atoms with Crippen molar-refractivity contribution in [2.24, 2.45) is 0 Å². The molecular weight excluding hydrogens is 349 g/mol. The highest BCUT2D eigenvalue weighted by Crippen LogP contribution is 2.20. The van der Waals surface area contributed by atoms with E-state index in [2.05, 4.69) is 39.6 Å². The molecule has 0 saturated heterocycles. The van der Waals surface area contributed by atoms with Crippen molar-refractivity contribution in [3.8, 4) is 11.8 Å². The third-order valence-electron chi connectivity index (χ3n) is 1.75. The molecule has 88 valence electrons. The summed E-state index contributed by atoms with van der Waals surface area (Å²) in [6.07, 6.45) is 0. The Bertz CT molecular complexity index is 464. The summed E-state index contributed by atoms with van der Waals surface area (Å²) in [5.41, 5.74) is 0.770. The summed E-state index contributed by atoms with van der Waals surface area (Å²) in [4.78, 5) is 11.4. The van der Waals surface area contributed by atoms with Crippen LogP contribution >= 0.6 is 30.3 Å². The lowest BCUT2D eigenvalue weighted by Crippen LogP contribution is -2.12. The Morgan fingerprint density at radius 2 is 2.12 bits per heavy atom. The van der Waals surface area contributed by atoms with E-state index in [0.29, 0.717) is 0 Å². The van der Waals surface area contributed by atoms with Gasteiger partial charge in [-0.05, 0) is 18.7 Å². The lowest BCUT2D eigenvalue weighted by molar-refractivity contribution is -0.133. The number of benzene rings is 1. The van der Waals surface area contributed by atoms with Gasteiger partial charge in [0.2, 0.25) is 5.88 Å². The van der Waals surface area contributed by atoms with Crippen molar-refractivity contribution in [2.75, 3.05) is 7.05 Å².